The smallest absolute Gasteiger partial charge is 0.272 e. The highest BCUT2D eigenvalue weighted by atomic mass is 19.1. The first-order chi connectivity index (χ1) is 21.7. The van der Waals surface area contributed by atoms with Gasteiger partial charge in [0, 0.05) is 49.5 Å². The molecule has 4 N–H and O–H groups in total. The van der Waals surface area contributed by atoms with E-state index in [0.717, 1.165) is 24.8 Å². The molecule has 2 aromatic carbocycles. The van der Waals surface area contributed by atoms with E-state index in [1.54, 1.807) is 18.9 Å². The van der Waals surface area contributed by atoms with Crippen molar-refractivity contribution in [2.45, 2.75) is 57.2 Å². The van der Waals surface area contributed by atoms with Crippen LogP contribution in [0.4, 0.5) is 10.1 Å². The molecule has 0 spiro atoms. The normalized spacial score (nSPS) is 16.7. The topological polar surface area (TPSA) is 136 Å². The molecule has 11 heteroatoms. The fraction of sp³-hybridized carbons (Fsp3) is 0.412. The van der Waals surface area contributed by atoms with Crippen molar-refractivity contribution >= 4 is 23.4 Å². The average Bonchev–Trinajstić information content (AvgIpc) is 3.05. The van der Waals surface area contributed by atoms with Crippen molar-refractivity contribution in [1.29, 1.82) is 0 Å². The average molecular weight is 620 g/mol. The molecule has 1 aliphatic rings. The van der Waals surface area contributed by atoms with E-state index in [2.05, 4.69) is 15.6 Å². The number of nitrogens with two attached hydrogens (primary N) is 1. The maximum Gasteiger partial charge on any atom is 0.272 e. The Morgan fingerprint density at radius 2 is 1.76 bits per heavy atom. The van der Waals surface area contributed by atoms with E-state index in [9.17, 15) is 18.8 Å². The molecule has 1 aromatic heterocycles. The molecule has 0 radical (unpaired) electrons. The number of ether oxygens (including phenoxy) is 2. The zero-order valence-corrected chi connectivity index (χ0v) is 26.0. The quantitative estimate of drug-likeness (QED) is 0.261. The number of nitrogens with one attached hydrogen (secondary N) is 2. The standard InChI is InChI=1S/C34H42FN5O5/c1-22(32(41)37-25-14-12-24(35)13-15-25)17-28(36)29(18-23-9-5-4-6-10-23)39-33(42)30-19-27(45-3)20-31(38-30)34(43)40-16-8-7-11-26(40)21-44-2/h4-6,9-10,12-15,19-20,22,26,28-29H,7-8,11,16-18,21,36H2,1-3H3,(H,37,41)(H,39,42)/t22-,26?,28+,29+/m1/s1. The summed E-state index contributed by atoms with van der Waals surface area (Å²) in [6, 6.07) is 16.9. The molecule has 240 valence electrons. The number of pyridine rings is 1. The molecule has 1 aliphatic heterocycles. The number of rotatable bonds is 13. The van der Waals surface area contributed by atoms with Gasteiger partial charge in [0.2, 0.25) is 5.91 Å². The highest BCUT2D eigenvalue weighted by Crippen LogP contribution is 2.23. The number of aromatic nitrogens is 1. The largest absolute Gasteiger partial charge is 0.497 e. The molecular weight excluding hydrogens is 577 g/mol. The third-order valence-electron chi connectivity index (χ3n) is 8.05. The van der Waals surface area contributed by atoms with Crippen LogP contribution < -0.4 is 21.1 Å². The second-order valence-electron chi connectivity index (χ2n) is 11.4. The van der Waals surface area contributed by atoms with Crippen molar-refractivity contribution in [3.8, 4) is 5.75 Å². The Bertz CT molecular complexity index is 1440. The third-order valence-corrected chi connectivity index (χ3v) is 8.05. The maximum absolute atomic E-state index is 13.7. The number of nitrogens with zero attached hydrogens (tertiary/aromatic N) is 2. The van der Waals surface area contributed by atoms with Crippen molar-refractivity contribution < 1.29 is 28.2 Å². The summed E-state index contributed by atoms with van der Waals surface area (Å²) in [6.45, 7) is 2.75. The van der Waals surface area contributed by atoms with Gasteiger partial charge in [-0.2, -0.15) is 0 Å². The number of methoxy groups -OCH3 is 2. The predicted octanol–water partition coefficient (Wildman–Crippen LogP) is 4.20. The van der Waals surface area contributed by atoms with Gasteiger partial charge in [-0.1, -0.05) is 37.3 Å². The highest BCUT2D eigenvalue weighted by molar-refractivity contribution is 5.97. The third kappa shape index (κ3) is 9.32. The van der Waals surface area contributed by atoms with E-state index in [-0.39, 0.29) is 35.7 Å². The van der Waals surface area contributed by atoms with E-state index < -0.39 is 29.7 Å². The van der Waals surface area contributed by atoms with Crippen LogP contribution in [0, 0.1) is 11.7 Å². The lowest BCUT2D eigenvalue weighted by atomic mass is 9.92. The molecule has 0 aliphatic carbocycles. The Kier molecular flexibility index (Phi) is 12.0. The van der Waals surface area contributed by atoms with Crippen LogP contribution in [0.2, 0.25) is 0 Å². The van der Waals surface area contributed by atoms with Gasteiger partial charge in [-0.3, -0.25) is 14.4 Å². The summed E-state index contributed by atoms with van der Waals surface area (Å²) < 4.78 is 24.1. The van der Waals surface area contributed by atoms with Crippen molar-refractivity contribution in [2.24, 2.45) is 11.7 Å². The first kappa shape index (κ1) is 33.5. The van der Waals surface area contributed by atoms with Crippen LogP contribution >= 0.6 is 0 Å². The zero-order chi connectivity index (χ0) is 32.3. The fourth-order valence-corrected chi connectivity index (χ4v) is 5.53. The number of hydrogen-bond acceptors (Lipinski definition) is 7. The summed E-state index contributed by atoms with van der Waals surface area (Å²) in [5.41, 5.74) is 8.21. The first-order valence-electron chi connectivity index (χ1n) is 15.2. The zero-order valence-electron chi connectivity index (χ0n) is 26.0. The number of anilines is 1. The molecule has 0 saturated carbocycles. The first-order valence-corrected chi connectivity index (χ1v) is 15.2. The molecule has 2 heterocycles. The van der Waals surface area contributed by atoms with Gasteiger partial charge in [0.15, 0.2) is 0 Å². The molecule has 0 bridgehead atoms. The van der Waals surface area contributed by atoms with Crippen LogP contribution in [-0.2, 0) is 16.0 Å². The van der Waals surface area contributed by atoms with Crippen LogP contribution in [0.25, 0.3) is 0 Å². The monoisotopic (exact) mass is 619 g/mol. The number of carbonyl (C=O) groups excluding carboxylic acids is 3. The van der Waals surface area contributed by atoms with Crippen LogP contribution in [0.3, 0.4) is 0 Å². The summed E-state index contributed by atoms with van der Waals surface area (Å²) in [5.74, 6) is -1.66. The second kappa shape index (κ2) is 16.1. The number of hydrogen-bond donors (Lipinski definition) is 3. The molecule has 1 fully saturated rings. The Morgan fingerprint density at radius 1 is 1.04 bits per heavy atom. The van der Waals surface area contributed by atoms with Crippen molar-refractivity contribution in [2.75, 3.05) is 32.7 Å². The van der Waals surface area contributed by atoms with E-state index in [1.807, 2.05) is 30.3 Å². The number of likely N-dealkylation sites (tertiary alicyclic amines) is 1. The molecule has 1 saturated heterocycles. The molecule has 3 aromatic rings. The molecule has 4 rings (SSSR count). The lowest BCUT2D eigenvalue weighted by Crippen LogP contribution is -2.50. The Hall–Kier alpha value is -4.35. The SMILES string of the molecule is COCC1CCCCN1C(=O)c1cc(OC)cc(C(=O)N[C@@H](Cc2ccccc2)[C@@H](N)C[C@@H](C)C(=O)Nc2ccc(F)cc2)n1. The van der Waals surface area contributed by atoms with Crippen molar-refractivity contribution in [3.63, 3.8) is 0 Å². The van der Waals surface area contributed by atoms with Crippen LogP contribution in [0.1, 0.15) is 59.1 Å². The van der Waals surface area contributed by atoms with Crippen LogP contribution in [0.15, 0.2) is 66.7 Å². The highest BCUT2D eigenvalue weighted by Gasteiger charge is 2.30. The second-order valence-corrected chi connectivity index (χ2v) is 11.4. The Balaban J connectivity index is 1.52. The minimum Gasteiger partial charge on any atom is -0.497 e. The summed E-state index contributed by atoms with van der Waals surface area (Å²) in [5, 5.41) is 5.79. The minimum atomic E-state index is -0.613. The van der Waals surface area contributed by atoms with Gasteiger partial charge in [0.05, 0.1) is 19.8 Å². The van der Waals surface area contributed by atoms with Gasteiger partial charge in [-0.05, 0) is 61.9 Å². The lowest BCUT2D eigenvalue weighted by Gasteiger charge is -2.35. The Labute approximate surface area is 263 Å². The number of piperidine rings is 1. The van der Waals surface area contributed by atoms with Gasteiger partial charge >= 0.3 is 0 Å². The van der Waals surface area contributed by atoms with Crippen molar-refractivity contribution in [1.82, 2.24) is 15.2 Å². The number of benzene rings is 2. The van der Waals surface area contributed by atoms with Gasteiger partial charge in [-0.25, -0.2) is 9.37 Å². The predicted molar refractivity (Wildman–Crippen MR) is 170 cm³/mol. The fourth-order valence-electron chi connectivity index (χ4n) is 5.53. The van der Waals surface area contributed by atoms with Crippen molar-refractivity contribution in [3.05, 3.63) is 89.5 Å². The van der Waals surface area contributed by atoms with Gasteiger partial charge in [-0.15, -0.1) is 0 Å². The lowest BCUT2D eigenvalue weighted by molar-refractivity contribution is -0.119. The summed E-state index contributed by atoms with van der Waals surface area (Å²) in [4.78, 5) is 46.4. The molecule has 45 heavy (non-hydrogen) atoms. The van der Waals surface area contributed by atoms with E-state index in [1.165, 1.54) is 43.5 Å². The minimum absolute atomic E-state index is 0.0189. The van der Waals surface area contributed by atoms with Gasteiger partial charge < -0.3 is 30.7 Å². The number of amides is 3. The van der Waals surface area contributed by atoms with Gasteiger partial charge in [0.25, 0.3) is 11.8 Å². The van der Waals surface area contributed by atoms with E-state index >= 15 is 0 Å². The summed E-state index contributed by atoms with van der Waals surface area (Å²) in [6.07, 6.45) is 3.38. The molecule has 1 unspecified atom stereocenters. The molecule has 4 atom stereocenters. The van der Waals surface area contributed by atoms with Gasteiger partial charge in [0.1, 0.15) is 23.0 Å². The van der Waals surface area contributed by atoms with Crippen LogP contribution in [-0.4, -0.2) is 73.1 Å². The summed E-state index contributed by atoms with van der Waals surface area (Å²) in [7, 11) is 3.07. The van der Waals surface area contributed by atoms with Crippen LogP contribution in [0.5, 0.6) is 5.75 Å². The summed E-state index contributed by atoms with van der Waals surface area (Å²) >= 11 is 0. The number of carbonyl (C=O) groups is 3. The Morgan fingerprint density at radius 3 is 2.44 bits per heavy atom. The molecule has 3 amide bonds. The maximum atomic E-state index is 13.7. The molecule has 10 nitrogen and oxygen atoms in total. The van der Waals surface area contributed by atoms with E-state index in [0.29, 0.717) is 31.0 Å². The number of halogens is 1. The van der Waals surface area contributed by atoms with E-state index in [4.69, 9.17) is 15.2 Å². The molecular formula is C34H42FN5O5.